The third-order valence-corrected chi connectivity index (χ3v) is 3.36. The van der Waals surface area contributed by atoms with E-state index in [9.17, 15) is 14.9 Å². The molecule has 21 heavy (non-hydrogen) atoms. The Morgan fingerprint density at radius 3 is 2.52 bits per heavy atom. The number of nitrogens with zero attached hydrogens (tertiary/aromatic N) is 3. The predicted molar refractivity (Wildman–Crippen MR) is 79.0 cm³/mol. The van der Waals surface area contributed by atoms with Crippen LogP contribution in [0.4, 0.5) is 5.69 Å². The number of carbonyl (C=O) groups is 1. The van der Waals surface area contributed by atoms with E-state index in [1.165, 1.54) is 19.1 Å². The van der Waals surface area contributed by atoms with Crippen molar-refractivity contribution in [3.05, 3.63) is 51.3 Å². The van der Waals surface area contributed by atoms with E-state index in [-0.39, 0.29) is 17.0 Å². The molecule has 0 N–H and O–H groups in total. The number of ketones is 1. The molecule has 0 aliphatic rings. The molecule has 0 radical (unpaired) electrons. The lowest BCUT2D eigenvalue weighted by molar-refractivity contribution is -0.385. The Labute approximate surface area is 122 Å². The monoisotopic (exact) mass is 287 g/mol. The second-order valence-electron chi connectivity index (χ2n) is 4.76. The van der Waals surface area contributed by atoms with E-state index in [4.69, 9.17) is 0 Å². The Kier molecular flexibility index (Phi) is 4.16. The summed E-state index contributed by atoms with van der Waals surface area (Å²) in [5.74, 6) is -0.329. The van der Waals surface area contributed by atoms with Crippen molar-refractivity contribution in [3.63, 3.8) is 0 Å². The van der Waals surface area contributed by atoms with Crippen molar-refractivity contribution >= 4 is 11.5 Å². The lowest BCUT2D eigenvalue weighted by Crippen LogP contribution is -2.06. The number of nitro groups is 1. The zero-order valence-corrected chi connectivity index (χ0v) is 12.3. The third kappa shape index (κ3) is 2.84. The van der Waals surface area contributed by atoms with Crippen molar-refractivity contribution in [1.82, 2.24) is 9.78 Å². The molecule has 1 aromatic carbocycles. The number of hydrogen-bond acceptors (Lipinski definition) is 4. The van der Waals surface area contributed by atoms with Crippen molar-refractivity contribution in [2.45, 2.75) is 33.6 Å². The summed E-state index contributed by atoms with van der Waals surface area (Å²) in [5.41, 5.74) is 2.56. The van der Waals surface area contributed by atoms with Gasteiger partial charge in [-0.15, -0.1) is 0 Å². The standard InChI is InChI=1S/C15H17N3O3/c1-4-11-8-12(5-2)17(16-11)13-6-7-15(18(20)21)14(9-13)10(3)19/h6-9H,4-5H2,1-3H3. The summed E-state index contributed by atoms with van der Waals surface area (Å²) < 4.78 is 1.75. The molecule has 0 spiro atoms. The number of aryl methyl sites for hydroxylation is 2. The Bertz CT molecular complexity index is 704. The largest absolute Gasteiger partial charge is 0.294 e. The van der Waals surface area contributed by atoms with Gasteiger partial charge in [0.15, 0.2) is 5.78 Å². The molecule has 0 unspecified atom stereocenters. The average molecular weight is 287 g/mol. The van der Waals surface area contributed by atoms with Gasteiger partial charge in [-0.05, 0) is 38.0 Å². The first kappa shape index (κ1) is 14.9. The molecule has 0 bridgehead atoms. The highest BCUT2D eigenvalue weighted by Gasteiger charge is 2.19. The Morgan fingerprint density at radius 2 is 2.00 bits per heavy atom. The van der Waals surface area contributed by atoms with Crippen molar-refractivity contribution in [2.75, 3.05) is 0 Å². The molecule has 110 valence electrons. The van der Waals surface area contributed by atoms with Crippen molar-refractivity contribution in [2.24, 2.45) is 0 Å². The quantitative estimate of drug-likeness (QED) is 0.481. The number of aromatic nitrogens is 2. The molecule has 1 aromatic heterocycles. The zero-order chi connectivity index (χ0) is 15.6. The van der Waals surface area contributed by atoms with Gasteiger partial charge in [0.1, 0.15) is 0 Å². The van der Waals surface area contributed by atoms with Crippen LogP contribution in [0, 0.1) is 10.1 Å². The number of carbonyl (C=O) groups excluding carboxylic acids is 1. The van der Waals surface area contributed by atoms with E-state index >= 15 is 0 Å². The van der Waals surface area contributed by atoms with Gasteiger partial charge in [0, 0.05) is 11.8 Å². The minimum Gasteiger partial charge on any atom is -0.294 e. The van der Waals surface area contributed by atoms with Crippen LogP contribution in [0.5, 0.6) is 0 Å². The molecule has 6 nitrogen and oxygen atoms in total. The van der Waals surface area contributed by atoms with E-state index in [1.807, 2.05) is 19.9 Å². The maximum Gasteiger partial charge on any atom is 0.280 e. The van der Waals surface area contributed by atoms with Crippen LogP contribution in [0.1, 0.15) is 42.5 Å². The van der Waals surface area contributed by atoms with E-state index in [2.05, 4.69) is 5.10 Å². The van der Waals surface area contributed by atoms with Gasteiger partial charge in [0.25, 0.3) is 5.69 Å². The van der Waals surface area contributed by atoms with Crippen LogP contribution in [0.25, 0.3) is 5.69 Å². The molecular weight excluding hydrogens is 270 g/mol. The molecule has 2 aromatic rings. The van der Waals surface area contributed by atoms with E-state index in [0.717, 1.165) is 24.2 Å². The SMILES string of the molecule is CCc1cc(CC)n(-c2ccc([N+](=O)[O-])c(C(C)=O)c2)n1. The lowest BCUT2D eigenvalue weighted by atomic mass is 10.1. The highest BCUT2D eigenvalue weighted by atomic mass is 16.6. The van der Waals surface area contributed by atoms with Gasteiger partial charge in [0.2, 0.25) is 0 Å². The summed E-state index contributed by atoms with van der Waals surface area (Å²) in [4.78, 5) is 22.1. The third-order valence-electron chi connectivity index (χ3n) is 3.36. The molecule has 0 atom stereocenters. The topological polar surface area (TPSA) is 78.0 Å². The molecule has 1 heterocycles. The van der Waals surface area contributed by atoms with Crippen molar-refractivity contribution in [1.29, 1.82) is 0 Å². The van der Waals surface area contributed by atoms with Gasteiger partial charge in [-0.2, -0.15) is 5.10 Å². The maximum absolute atomic E-state index is 11.6. The first-order valence-electron chi connectivity index (χ1n) is 6.85. The Hall–Kier alpha value is -2.50. The van der Waals surface area contributed by atoms with Crippen molar-refractivity contribution in [3.8, 4) is 5.69 Å². The summed E-state index contributed by atoms with van der Waals surface area (Å²) in [6, 6.07) is 6.52. The number of hydrogen-bond donors (Lipinski definition) is 0. The lowest BCUT2D eigenvalue weighted by Gasteiger charge is -2.07. The van der Waals surface area contributed by atoms with Crippen LogP contribution in [-0.4, -0.2) is 20.5 Å². The van der Waals surface area contributed by atoms with Crippen LogP contribution in [-0.2, 0) is 12.8 Å². The Balaban J connectivity index is 2.60. The predicted octanol–water partition coefficient (Wildman–Crippen LogP) is 3.11. The van der Waals surface area contributed by atoms with E-state index < -0.39 is 4.92 Å². The molecule has 0 fully saturated rings. The first-order chi connectivity index (χ1) is 9.97. The fourth-order valence-corrected chi connectivity index (χ4v) is 2.22. The van der Waals surface area contributed by atoms with Gasteiger partial charge in [-0.3, -0.25) is 14.9 Å². The molecule has 0 saturated heterocycles. The van der Waals surface area contributed by atoms with E-state index in [0.29, 0.717) is 5.69 Å². The van der Waals surface area contributed by atoms with Crippen LogP contribution in [0.3, 0.4) is 0 Å². The molecule has 0 aliphatic carbocycles. The normalized spacial score (nSPS) is 10.6. The molecule has 2 rings (SSSR count). The molecule has 0 saturated carbocycles. The minimum absolute atomic E-state index is 0.105. The van der Waals surface area contributed by atoms with Gasteiger partial charge in [0.05, 0.1) is 21.9 Å². The summed E-state index contributed by atoms with van der Waals surface area (Å²) in [6.45, 7) is 5.36. The van der Waals surface area contributed by atoms with Crippen LogP contribution < -0.4 is 0 Å². The van der Waals surface area contributed by atoms with Gasteiger partial charge in [-0.25, -0.2) is 4.68 Å². The van der Waals surface area contributed by atoms with Crippen LogP contribution in [0.2, 0.25) is 0 Å². The number of rotatable bonds is 5. The second-order valence-corrected chi connectivity index (χ2v) is 4.76. The highest BCUT2D eigenvalue weighted by molar-refractivity contribution is 5.98. The number of Topliss-reactive ketones (excluding diaryl/α,β-unsaturated/α-hetero) is 1. The summed E-state index contributed by atoms with van der Waals surface area (Å²) in [6.07, 6.45) is 1.60. The van der Waals surface area contributed by atoms with E-state index in [1.54, 1.807) is 10.7 Å². The molecule has 0 aliphatic heterocycles. The fraction of sp³-hybridized carbons (Fsp3) is 0.333. The molecule has 0 amide bonds. The molecule has 6 heteroatoms. The van der Waals surface area contributed by atoms with Crippen LogP contribution in [0.15, 0.2) is 24.3 Å². The Morgan fingerprint density at radius 1 is 1.29 bits per heavy atom. The highest BCUT2D eigenvalue weighted by Crippen LogP contribution is 2.23. The smallest absolute Gasteiger partial charge is 0.280 e. The number of nitro benzene ring substituents is 1. The average Bonchev–Trinajstić information content (AvgIpc) is 2.89. The van der Waals surface area contributed by atoms with Crippen LogP contribution >= 0.6 is 0 Å². The summed E-state index contributed by atoms with van der Waals surface area (Å²) >= 11 is 0. The molecular formula is C15H17N3O3. The maximum atomic E-state index is 11.6. The van der Waals surface area contributed by atoms with Gasteiger partial charge in [-0.1, -0.05) is 13.8 Å². The number of benzene rings is 1. The van der Waals surface area contributed by atoms with Gasteiger partial charge < -0.3 is 0 Å². The minimum atomic E-state index is -0.540. The van der Waals surface area contributed by atoms with Crippen molar-refractivity contribution < 1.29 is 9.72 Å². The first-order valence-corrected chi connectivity index (χ1v) is 6.85. The zero-order valence-electron chi connectivity index (χ0n) is 12.3. The summed E-state index contributed by atoms with van der Waals surface area (Å²) in [5, 5.41) is 15.5. The van der Waals surface area contributed by atoms with Gasteiger partial charge >= 0.3 is 0 Å². The second kappa shape index (κ2) is 5.87. The summed E-state index contributed by atoms with van der Waals surface area (Å²) in [7, 11) is 0. The fourth-order valence-electron chi connectivity index (χ4n) is 2.22.